The van der Waals surface area contributed by atoms with E-state index in [0.29, 0.717) is 19.5 Å². The molecule has 0 aliphatic carbocycles. The lowest BCUT2D eigenvalue weighted by molar-refractivity contribution is -0.140. The molecule has 2 heterocycles. The van der Waals surface area contributed by atoms with E-state index < -0.39 is 0 Å². The summed E-state index contributed by atoms with van der Waals surface area (Å²) in [6.07, 6.45) is 0.309. The van der Waals surface area contributed by atoms with Crippen LogP contribution in [0, 0.1) is 20.8 Å². The van der Waals surface area contributed by atoms with Gasteiger partial charge in [-0.1, -0.05) is 24.3 Å². The number of rotatable bonds is 8. The predicted molar refractivity (Wildman–Crippen MR) is 118 cm³/mol. The van der Waals surface area contributed by atoms with Crippen molar-refractivity contribution in [1.82, 2.24) is 14.4 Å². The average Bonchev–Trinajstić information content (AvgIpc) is 3.03. The predicted octanol–water partition coefficient (Wildman–Crippen LogP) is 2.98. The van der Waals surface area contributed by atoms with E-state index in [2.05, 4.69) is 41.0 Å². The molecule has 30 heavy (non-hydrogen) atoms. The minimum Gasteiger partial charge on any atom is -0.469 e. The molecule has 0 unspecified atom stereocenters. The maximum absolute atomic E-state index is 13.0. The molecule has 0 radical (unpaired) electrons. The second-order valence-corrected chi connectivity index (χ2v) is 8.16. The van der Waals surface area contributed by atoms with Crippen molar-refractivity contribution < 1.29 is 14.3 Å². The number of aromatic nitrogens is 1. The number of carbonyl (C=O) groups excluding carboxylic acids is 2. The van der Waals surface area contributed by atoms with Gasteiger partial charge in [0.1, 0.15) is 0 Å². The Bertz CT molecular complexity index is 895. The molecular weight excluding hydrogens is 378 g/mol. The molecule has 1 fully saturated rings. The number of piperazine rings is 1. The Morgan fingerprint density at radius 1 is 1.00 bits per heavy atom. The maximum Gasteiger partial charge on any atom is 0.307 e. The molecule has 0 spiro atoms. The Kier molecular flexibility index (Phi) is 7.45. The average molecular weight is 412 g/mol. The van der Waals surface area contributed by atoms with Gasteiger partial charge in [0.2, 0.25) is 0 Å². The van der Waals surface area contributed by atoms with Crippen molar-refractivity contribution in [3.05, 3.63) is 58.4 Å². The number of ether oxygens (including phenoxy) is 1. The highest BCUT2D eigenvalue weighted by atomic mass is 16.5. The standard InChI is InChI=1S/C24H33N3O3/c1-18-7-5-6-8-21(18)16-25-11-13-26(14-12-25)17-23(28)22-15-19(2)27(20(22)3)10-9-24(29)30-4/h5-8,15H,9-14,16-17H2,1-4H3. The van der Waals surface area contributed by atoms with Crippen LogP contribution >= 0.6 is 0 Å². The molecule has 162 valence electrons. The number of carbonyl (C=O) groups is 2. The van der Waals surface area contributed by atoms with Gasteiger partial charge in [-0.25, -0.2) is 0 Å². The van der Waals surface area contributed by atoms with E-state index >= 15 is 0 Å². The SMILES string of the molecule is COC(=O)CCn1c(C)cc(C(=O)CN2CCN(Cc3ccccc3C)CC2)c1C. The van der Waals surface area contributed by atoms with Gasteiger partial charge in [-0.15, -0.1) is 0 Å². The third-order valence-corrected chi connectivity index (χ3v) is 6.13. The van der Waals surface area contributed by atoms with E-state index in [1.807, 2.05) is 24.5 Å². The summed E-state index contributed by atoms with van der Waals surface area (Å²) in [5.74, 6) is -0.0845. The summed E-state index contributed by atoms with van der Waals surface area (Å²) >= 11 is 0. The van der Waals surface area contributed by atoms with Crippen molar-refractivity contribution in [3.63, 3.8) is 0 Å². The Balaban J connectivity index is 1.53. The number of nitrogens with zero attached hydrogens (tertiary/aromatic N) is 3. The van der Waals surface area contributed by atoms with Gasteiger partial charge >= 0.3 is 5.97 Å². The fraction of sp³-hybridized carbons (Fsp3) is 0.500. The summed E-state index contributed by atoms with van der Waals surface area (Å²) in [7, 11) is 1.40. The first-order valence-electron chi connectivity index (χ1n) is 10.6. The fourth-order valence-electron chi connectivity index (χ4n) is 4.15. The number of aryl methyl sites for hydroxylation is 2. The molecule has 2 aromatic rings. The molecule has 6 heteroatoms. The molecule has 1 saturated heterocycles. The largest absolute Gasteiger partial charge is 0.469 e. The molecule has 0 amide bonds. The molecule has 0 atom stereocenters. The monoisotopic (exact) mass is 411 g/mol. The van der Waals surface area contributed by atoms with E-state index in [4.69, 9.17) is 4.74 Å². The van der Waals surface area contributed by atoms with Crippen LogP contribution in [0.2, 0.25) is 0 Å². The van der Waals surface area contributed by atoms with Gasteiger partial charge in [-0.2, -0.15) is 0 Å². The lowest BCUT2D eigenvalue weighted by atomic mass is 10.1. The van der Waals surface area contributed by atoms with Gasteiger partial charge in [-0.3, -0.25) is 19.4 Å². The van der Waals surface area contributed by atoms with Crippen molar-refractivity contribution in [2.24, 2.45) is 0 Å². The summed E-state index contributed by atoms with van der Waals surface area (Å²) in [5, 5.41) is 0. The van der Waals surface area contributed by atoms with Gasteiger partial charge in [0, 0.05) is 56.2 Å². The molecule has 6 nitrogen and oxygen atoms in total. The van der Waals surface area contributed by atoms with Crippen LogP contribution in [0.15, 0.2) is 30.3 Å². The van der Waals surface area contributed by atoms with Crippen molar-refractivity contribution >= 4 is 11.8 Å². The summed E-state index contributed by atoms with van der Waals surface area (Å²) in [5.41, 5.74) is 5.40. The van der Waals surface area contributed by atoms with E-state index in [1.54, 1.807) is 0 Å². The van der Waals surface area contributed by atoms with Crippen LogP contribution in [0.1, 0.15) is 39.3 Å². The van der Waals surface area contributed by atoms with Crippen LogP contribution in [0.5, 0.6) is 0 Å². The summed E-state index contributed by atoms with van der Waals surface area (Å²) in [6, 6.07) is 10.5. The molecule has 0 saturated carbocycles. The number of benzene rings is 1. The first-order chi connectivity index (χ1) is 14.4. The number of methoxy groups -OCH3 is 1. The lowest BCUT2D eigenvalue weighted by Crippen LogP contribution is -2.47. The zero-order chi connectivity index (χ0) is 21.7. The highest BCUT2D eigenvalue weighted by Crippen LogP contribution is 2.18. The Hall–Kier alpha value is -2.44. The topological polar surface area (TPSA) is 54.8 Å². The molecule has 3 rings (SSSR count). The first kappa shape index (κ1) is 22.2. The summed E-state index contributed by atoms with van der Waals surface area (Å²) in [4.78, 5) is 29.1. The van der Waals surface area contributed by atoms with Crippen LogP contribution in [-0.4, -0.2) is 66.0 Å². The Morgan fingerprint density at radius 3 is 2.33 bits per heavy atom. The molecule has 1 aliphatic heterocycles. The van der Waals surface area contributed by atoms with E-state index in [9.17, 15) is 9.59 Å². The van der Waals surface area contributed by atoms with E-state index in [-0.39, 0.29) is 11.8 Å². The third-order valence-electron chi connectivity index (χ3n) is 6.13. The second-order valence-electron chi connectivity index (χ2n) is 8.16. The van der Waals surface area contributed by atoms with Gasteiger partial charge in [0.05, 0.1) is 20.1 Å². The molecular formula is C24H33N3O3. The van der Waals surface area contributed by atoms with Crippen LogP contribution in [0.3, 0.4) is 0 Å². The molecule has 1 aromatic carbocycles. The summed E-state index contributed by atoms with van der Waals surface area (Å²) < 4.78 is 6.76. The van der Waals surface area contributed by atoms with Crippen LogP contribution in [0.25, 0.3) is 0 Å². The molecule has 1 aliphatic rings. The Morgan fingerprint density at radius 2 is 1.67 bits per heavy atom. The second kappa shape index (κ2) is 10.0. The highest BCUT2D eigenvalue weighted by molar-refractivity contribution is 5.99. The number of esters is 1. The van der Waals surface area contributed by atoms with E-state index in [0.717, 1.165) is 49.7 Å². The quantitative estimate of drug-likeness (QED) is 0.494. The smallest absolute Gasteiger partial charge is 0.307 e. The third kappa shape index (κ3) is 5.37. The minimum atomic E-state index is -0.237. The van der Waals surface area contributed by atoms with Crippen LogP contribution < -0.4 is 0 Å². The van der Waals surface area contributed by atoms with Crippen molar-refractivity contribution in [3.8, 4) is 0 Å². The first-order valence-corrected chi connectivity index (χ1v) is 10.6. The van der Waals surface area contributed by atoms with Gasteiger partial charge < -0.3 is 9.30 Å². The zero-order valence-corrected chi connectivity index (χ0v) is 18.6. The number of hydrogen-bond acceptors (Lipinski definition) is 5. The molecule has 0 bridgehead atoms. The zero-order valence-electron chi connectivity index (χ0n) is 18.6. The van der Waals surface area contributed by atoms with Crippen molar-refractivity contribution in [2.45, 2.75) is 40.3 Å². The van der Waals surface area contributed by atoms with Gasteiger partial charge in [0.15, 0.2) is 5.78 Å². The molecule has 1 aromatic heterocycles. The minimum absolute atomic E-state index is 0.153. The molecule has 0 N–H and O–H groups in total. The highest BCUT2D eigenvalue weighted by Gasteiger charge is 2.22. The van der Waals surface area contributed by atoms with Gasteiger partial charge in [-0.05, 0) is 38.0 Å². The maximum atomic E-state index is 13.0. The normalized spacial score (nSPS) is 15.3. The summed E-state index contributed by atoms with van der Waals surface area (Å²) in [6.45, 7) is 11.8. The van der Waals surface area contributed by atoms with Crippen molar-refractivity contribution in [2.75, 3.05) is 39.8 Å². The number of Topliss-reactive ketones (excluding diaryl/α,β-unsaturated/α-hetero) is 1. The number of ketones is 1. The van der Waals surface area contributed by atoms with Crippen LogP contribution in [0.4, 0.5) is 0 Å². The van der Waals surface area contributed by atoms with Crippen molar-refractivity contribution in [1.29, 1.82) is 0 Å². The fourth-order valence-corrected chi connectivity index (χ4v) is 4.15. The lowest BCUT2D eigenvalue weighted by Gasteiger charge is -2.34. The Labute approximate surface area is 179 Å². The number of hydrogen-bond donors (Lipinski definition) is 0. The van der Waals surface area contributed by atoms with Gasteiger partial charge in [0.25, 0.3) is 0 Å². The van der Waals surface area contributed by atoms with Crippen LogP contribution in [-0.2, 0) is 22.6 Å². The van der Waals surface area contributed by atoms with E-state index in [1.165, 1.54) is 18.2 Å².